The second-order valence-electron chi connectivity index (χ2n) is 7.59. The van der Waals surface area contributed by atoms with Crippen LogP contribution in [-0.2, 0) is 20.0 Å². The van der Waals surface area contributed by atoms with Gasteiger partial charge in [-0.25, -0.2) is 0 Å². The first kappa shape index (κ1) is 22.7. The first-order valence-corrected chi connectivity index (χ1v) is 9.94. The second kappa shape index (κ2) is 11.5. The van der Waals surface area contributed by atoms with Crippen LogP contribution < -0.4 is 5.32 Å². The molecule has 2 heterocycles. The van der Waals surface area contributed by atoms with Crippen molar-refractivity contribution in [3.63, 3.8) is 0 Å². The van der Waals surface area contributed by atoms with Gasteiger partial charge in [-0.2, -0.15) is 0 Å². The fourth-order valence-corrected chi connectivity index (χ4v) is 3.81. The van der Waals surface area contributed by atoms with Gasteiger partial charge in [0.15, 0.2) is 5.96 Å². The molecule has 1 unspecified atom stereocenters. The van der Waals surface area contributed by atoms with Crippen molar-refractivity contribution >= 4 is 29.9 Å². The highest BCUT2D eigenvalue weighted by atomic mass is 127. The lowest BCUT2D eigenvalue weighted by Gasteiger charge is -2.24. The van der Waals surface area contributed by atoms with E-state index in [1.54, 1.807) is 0 Å². The monoisotopic (exact) mass is 495 g/mol. The van der Waals surface area contributed by atoms with Crippen LogP contribution in [0.3, 0.4) is 0 Å². The summed E-state index contributed by atoms with van der Waals surface area (Å²) in [5.41, 5.74) is 2.72. The molecule has 1 saturated heterocycles. The molecule has 1 aliphatic rings. The Hall–Kier alpha value is -1.54. The third-order valence-corrected chi connectivity index (χ3v) is 5.50. The first-order valence-electron chi connectivity index (χ1n) is 9.94. The van der Waals surface area contributed by atoms with Crippen molar-refractivity contribution in [2.75, 3.05) is 40.3 Å². The van der Waals surface area contributed by atoms with Crippen molar-refractivity contribution in [2.45, 2.75) is 19.4 Å². The van der Waals surface area contributed by atoms with E-state index in [1.165, 1.54) is 30.8 Å². The maximum Gasteiger partial charge on any atom is 0.193 e. The van der Waals surface area contributed by atoms with E-state index < -0.39 is 0 Å². The normalized spacial score (nSPS) is 17.4. The first-order chi connectivity index (χ1) is 13.2. The van der Waals surface area contributed by atoms with Crippen LogP contribution >= 0.6 is 24.0 Å². The van der Waals surface area contributed by atoms with Crippen LogP contribution in [0.25, 0.3) is 0 Å². The van der Waals surface area contributed by atoms with Gasteiger partial charge in [-0.15, -0.1) is 24.0 Å². The summed E-state index contributed by atoms with van der Waals surface area (Å²) in [6.45, 7) is 5.39. The van der Waals surface area contributed by atoms with Crippen molar-refractivity contribution in [3.05, 3.63) is 59.9 Å². The summed E-state index contributed by atoms with van der Waals surface area (Å²) in [6.07, 6.45) is 4.49. The summed E-state index contributed by atoms with van der Waals surface area (Å²) in [5, 5.41) is 3.58. The van der Waals surface area contributed by atoms with E-state index in [0.29, 0.717) is 5.92 Å². The maximum absolute atomic E-state index is 4.46. The molecule has 1 N–H and O–H groups in total. The number of aryl methyl sites for hydroxylation is 1. The molecule has 28 heavy (non-hydrogen) atoms. The van der Waals surface area contributed by atoms with Crippen LogP contribution in [0, 0.1) is 5.92 Å². The van der Waals surface area contributed by atoms with Crippen LogP contribution in [0.15, 0.2) is 53.7 Å². The van der Waals surface area contributed by atoms with Gasteiger partial charge >= 0.3 is 0 Å². The van der Waals surface area contributed by atoms with Gasteiger partial charge in [0.1, 0.15) is 0 Å². The Morgan fingerprint density at radius 1 is 1.21 bits per heavy atom. The van der Waals surface area contributed by atoms with Crippen molar-refractivity contribution in [2.24, 2.45) is 18.0 Å². The van der Waals surface area contributed by atoms with Gasteiger partial charge in [0, 0.05) is 52.7 Å². The van der Waals surface area contributed by atoms with Gasteiger partial charge < -0.3 is 19.7 Å². The Bertz CT molecular complexity index is 728. The highest BCUT2D eigenvalue weighted by Gasteiger charge is 2.22. The van der Waals surface area contributed by atoms with Gasteiger partial charge in [0.05, 0.1) is 6.54 Å². The van der Waals surface area contributed by atoms with E-state index in [9.17, 15) is 0 Å². The Morgan fingerprint density at radius 2 is 2.00 bits per heavy atom. The molecule has 0 saturated carbocycles. The lowest BCUT2D eigenvalue weighted by atomic mass is 10.1. The van der Waals surface area contributed by atoms with E-state index in [0.717, 1.165) is 32.0 Å². The number of aliphatic imine (C=N–C) groups is 1. The smallest absolute Gasteiger partial charge is 0.193 e. The van der Waals surface area contributed by atoms with E-state index in [4.69, 9.17) is 0 Å². The van der Waals surface area contributed by atoms with E-state index in [-0.39, 0.29) is 24.0 Å². The summed E-state index contributed by atoms with van der Waals surface area (Å²) >= 11 is 0. The van der Waals surface area contributed by atoms with Crippen LogP contribution in [-0.4, -0.2) is 60.6 Å². The Kier molecular flexibility index (Phi) is 9.31. The number of hydrogen-bond donors (Lipinski definition) is 1. The van der Waals surface area contributed by atoms with E-state index in [2.05, 4.69) is 87.4 Å². The fraction of sp³-hybridized carbons (Fsp3) is 0.500. The number of hydrogen-bond acceptors (Lipinski definition) is 2. The fourth-order valence-electron chi connectivity index (χ4n) is 3.81. The predicted molar refractivity (Wildman–Crippen MR) is 128 cm³/mol. The van der Waals surface area contributed by atoms with Crippen LogP contribution in [0.5, 0.6) is 0 Å². The van der Waals surface area contributed by atoms with E-state index >= 15 is 0 Å². The molecular weight excluding hydrogens is 461 g/mol. The lowest BCUT2D eigenvalue weighted by molar-refractivity contribution is 0.327. The Morgan fingerprint density at radius 3 is 2.68 bits per heavy atom. The minimum absolute atomic E-state index is 0. The lowest BCUT2D eigenvalue weighted by Crippen LogP contribution is -2.41. The number of benzene rings is 1. The number of aromatic nitrogens is 1. The van der Waals surface area contributed by atoms with Crippen molar-refractivity contribution in [3.8, 4) is 0 Å². The number of likely N-dealkylation sites (tertiary alicyclic amines) is 1. The molecule has 6 heteroatoms. The van der Waals surface area contributed by atoms with Crippen LogP contribution in [0.1, 0.15) is 17.7 Å². The van der Waals surface area contributed by atoms with Gasteiger partial charge in [-0.05, 0) is 43.0 Å². The topological polar surface area (TPSA) is 35.8 Å². The molecule has 5 nitrogen and oxygen atoms in total. The zero-order valence-electron chi connectivity index (χ0n) is 17.3. The highest BCUT2D eigenvalue weighted by Crippen LogP contribution is 2.16. The number of rotatable bonds is 7. The predicted octanol–water partition coefficient (Wildman–Crippen LogP) is 3.21. The summed E-state index contributed by atoms with van der Waals surface area (Å²) in [7, 11) is 6.05. The Balaban J connectivity index is 0.00000280. The third kappa shape index (κ3) is 6.51. The summed E-state index contributed by atoms with van der Waals surface area (Å²) in [5.74, 6) is 1.67. The number of halogens is 1. The summed E-state index contributed by atoms with van der Waals surface area (Å²) < 4.78 is 2.16. The number of nitrogens with zero attached hydrogens (tertiary/aromatic N) is 4. The number of nitrogens with one attached hydrogen (secondary N) is 1. The van der Waals surface area contributed by atoms with Gasteiger partial charge in [-0.3, -0.25) is 4.99 Å². The molecular formula is C22H34IN5. The van der Waals surface area contributed by atoms with Gasteiger partial charge in [0.2, 0.25) is 0 Å². The summed E-state index contributed by atoms with van der Waals surface area (Å²) in [4.78, 5) is 9.25. The minimum atomic E-state index is 0. The molecule has 1 aromatic heterocycles. The maximum atomic E-state index is 4.46. The molecule has 1 aromatic carbocycles. The molecule has 1 atom stereocenters. The molecule has 2 aromatic rings. The Labute approximate surface area is 186 Å². The minimum Gasteiger partial charge on any atom is -0.356 e. The second-order valence-corrected chi connectivity index (χ2v) is 7.59. The van der Waals surface area contributed by atoms with Crippen LogP contribution in [0.4, 0.5) is 0 Å². The molecule has 0 amide bonds. The molecule has 0 bridgehead atoms. The molecule has 0 aliphatic carbocycles. The van der Waals surface area contributed by atoms with Crippen molar-refractivity contribution in [1.29, 1.82) is 0 Å². The van der Waals surface area contributed by atoms with Crippen LogP contribution in [0.2, 0.25) is 0 Å². The van der Waals surface area contributed by atoms with E-state index in [1.807, 2.05) is 7.05 Å². The highest BCUT2D eigenvalue weighted by molar-refractivity contribution is 14.0. The zero-order chi connectivity index (χ0) is 19.1. The van der Waals surface area contributed by atoms with Crippen molar-refractivity contribution < 1.29 is 0 Å². The average Bonchev–Trinajstić information content (AvgIpc) is 3.30. The molecule has 0 spiro atoms. The van der Waals surface area contributed by atoms with Crippen molar-refractivity contribution in [1.82, 2.24) is 19.7 Å². The molecule has 3 rings (SSSR count). The van der Waals surface area contributed by atoms with Gasteiger partial charge in [0.25, 0.3) is 0 Å². The number of guanidine groups is 1. The standard InChI is InChI=1S/C22H33N5.HI/c1-23-22(26(3)18-21-10-7-13-25(21)2)24-16-20-12-15-27(17-20)14-11-19-8-5-4-6-9-19;/h4-10,13,20H,11-12,14-18H2,1-3H3,(H,23,24);1H. The SMILES string of the molecule is CN=C(NCC1CCN(CCc2ccccc2)C1)N(C)Cc1cccn1C.I. The van der Waals surface area contributed by atoms with Gasteiger partial charge in [-0.1, -0.05) is 30.3 Å². The summed E-state index contributed by atoms with van der Waals surface area (Å²) in [6, 6.07) is 15.0. The largest absolute Gasteiger partial charge is 0.356 e. The third-order valence-electron chi connectivity index (χ3n) is 5.50. The quantitative estimate of drug-likeness (QED) is 0.364. The zero-order valence-corrected chi connectivity index (χ0v) is 19.7. The molecule has 154 valence electrons. The average molecular weight is 495 g/mol. The molecule has 1 fully saturated rings. The molecule has 0 radical (unpaired) electrons. The molecule has 1 aliphatic heterocycles.